The van der Waals surface area contributed by atoms with Crippen LogP contribution in [-0.2, 0) is 4.79 Å². The van der Waals surface area contributed by atoms with Gasteiger partial charge in [0.15, 0.2) is 0 Å². The number of halogens is 2. The van der Waals surface area contributed by atoms with Gasteiger partial charge in [0.2, 0.25) is 5.91 Å². The Morgan fingerprint density at radius 2 is 2.06 bits per heavy atom. The highest BCUT2D eigenvalue weighted by molar-refractivity contribution is 6.39. The maximum Gasteiger partial charge on any atom is 0.241 e. The van der Waals surface area contributed by atoms with Crippen molar-refractivity contribution in [3.8, 4) is 0 Å². The third-order valence-corrected chi connectivity index (χ3v) is 3.89. The summed E-state index contributed by atoms with van der Waals surface area (Å²) in [5.41, 5.74) is 0.491. The fourth-order valence-electron chi connectivity index (χ4n) is 2.22. The van der Waals surface area contributed by atoms with Crippen molar-refractivity contribution in [3.63, 3.8) is 0 Å². The van der Waals surface area contributed by atoms with Gasteiger partial charge in [0, 0.05) is 0 Å². The summed E-state index contributed by atoms with van der Waals surface area (Å²) in [5.74, 6) is 0.247. The van der Waals surface area contributed by atoms with Crippen LogP contribution in [0.4, 0.5) is 5.69 Å². The number of anilines is 1. The van der Waals surface area contributed by atoms with E-state index in [9.17, 15) is 4.79 Å². The third kappa shape index (κ3) is 2.97. The zero-order chi connectivity index (χ0) is 13.1. The molecule has 2 rings (SSSR count). The Morgan fingerprint density at radius 1 is 1.39 bits per heavy atom. The minimum absolute atomic E-state index is 0.0720. The van der Waals surface area contributed by atoms with Gasteiger partial charge in [-0.25, -0.2) is 0 Å². The van der Waals surface area contributed by atoms with Crippen LogP contribution in [0.2, 0.25) is 10.0 Å². The predicted octanol–water partition coefficient (Wildman–Crippen LogP) is 3.32. The molecule has 2 N–H and O–H groups in total. The number of hydrogen-bond acceptors (Lipinski definition) is 2. The Labute approximate surface area is 117 Å². The van der Waals surface area contributed by atoms with Crippen molar-refractivity contribution >= 4 is 34.8 Å². The molecule has 0 spiro atoms. The molecule has 1 aromatic carbocycles. The Hall–Kier alpha value is -0.770. The minimum Gasteiger partial charge on any atom is -0.322 e. The van der Waals surface area contributed by atoms with E-state index in [2.05, 4.69) is 17.6 Å². The number of amides is 1. The fourth-order valence-corrected chi connectivity index (χ4v) is 2.71. The smallest absolute Gasteiger partial charge is 0.241 e. The number of benzene rings is 1. The molecule has 0 radical (unpaired) electrons. The fraction of sp³-hybridized carbons (Fsp3) is 0.462. The standard InChI is InChI=1S/C13H16Cl2N2O/c1-8-4-3-7-16-11(8)13(18)17-12-9(14)5-2-6-10(12)15/h2,5-6,8,11,16H,3-4,7H2,1H3,(H,17,18). The molecule has 0 aromatic heterocycles. The molecule has 3 nitrogen and oxygen atoms in total. The zero-order valence-corrected chi connectivity index (χ0v) is 11.7. The number of para-hydroxylation sites is 1. The van der Waals surface area contributed by atoms with Crippen LogP contribution in [0.5, 0.6) is 0 Å². The van der Waals surface area contributed by atoms with E-state index in [0.29, 0.717) is 21.7 Å². The highest BCUT2D eigenvalue weighted by Crippen LogP contribution is 2.30. The van der Waals surface area contributed by atoms with Gasteiger partial charge < -0.3 is 10.6 Å². The van der Waals surface area contributed by atoms with E-state index < -0.39 is 0 Å². The second-order valence-corrected chi connectivity index (χ2v) is 5.45. The maximum absolute atomic E-state index is 12.2. The topological polar surface area (TPSA) is 41.1 Å². The van der Waals surface area contributed by atoms with Gasteiger partial charge in [0.1, 0.15) is 0 Å². The van der Waals surface area contributed by atoms with Crippen LogP contribution in [0.1, 0.15) is 19.8 Å². The van der Waals surface area contributed by atoms with Crippen LogP contribution >= 0.6 is 23.2 Å². The first-order chi connectivity index (χ1) is 8.59. The molecule has 98 valence electrons. The van der Waals surface area contributed by atoms with E-state index >= 15 is 0 Å². The molecule has 0 saturated carbocycles. The largest absolute Gasteiger partial charge is 0.322 e. The molecular formula is C13H16Cl2N2O. The van der Waals surface area contributed by atoms with E-state index in [4.69, 9.17) is 23.2 Å². The number of rotatable bonds is 2. The summed E-state index contributed by atoms with van der Waals surface area (Å²) < 4.78 is 0. The summed E-state index contributed by atoms with van der Waals surface area (Å²) in [7, 11) is 0. The van der Waals surface area contributed by atoms with Crippen LogP contribution in [0.3, 0.4) is 0 Å². The molecule has 1 amide bonds. The lowest BCUT2D eigenvalue weighted by molar-refractivity contribution is -0.119. The van der Waals surface area contributed by atoms with Gasteiger partial charge in [0.25, 0.3) is 0 Å². The molecule has 0 aliphatic carbocycles. The van der Waals surface area contributed by atoms with Crippen LogP contribution in [0, 0.1) is 5.92 Å². The van der Waals surface area contributed by atoms with Crippen molar-refractivity contribution in [2.75, 3.05) is 11.9 Å². The Bertz CT molecular complexity index is 430. The van der Waals surface area contributed by atoms with E-state index in [1.54, 1.807) is 18.2 Å². The maximum atomic E-state index is 12.2. The van der Waals surface area contributed by atoms with E-state index in [1.165, 1.54) is 0 Å². The molecule has 2 atom stereocenters. The van der Waals surface area contributed by atoms with Gasteiger partial charge in [-0.3, -0.25) is 4.79 Å². The SMILES string of the molecule is CC1CCCNC1C(=O)Nc1c(Cl)cccc1Cl. The molecular weight excluding hydrogens is 271 g/mol. The summed E-state index contributed by atoms with van der Waals surface area (Å²) in [4.78, 5) is 12.2. The average Bonchev–Trinajstić information content (AvgIpc) is 2.34. The molecule has 1 aromatic rings. The van der Waals surface area contributed by atoms with Crippen molar-refractivity contribution in [2.24, 2.45) is 5.92 Å². The molecule has 1 heterocycles. The molecule has 1 aliphatic rings. The van der Waals surface area contributed by atoms with Crippen LogP contribution < -0.4 is 10.6 Å². The lowest BCUT2D eigenvalue weighted by atomic mass is 9.92. The number of nitrogens with one attached hydrogen (secondary N) is 2. The second-order valence-electron chi connectivity index (χ2n) is 4.64. The van der Waals surface area contributed by atoms with Crippen molar-refractivity contribution in [1.82, 2.24) is 5.32 Å². The number of piperidine rings is 1. The van der Waals surface area contributed by atoms with Gasteiger partial charge in [-0.1, -0.05) is 36.2 Å². The van der Waals surface area contributed by atoms with Crippen LogP contribution in [0.25, 0.3) is 0 Å². The second kappa shape index (κ2) is 5.91. The van der Waals surface area contributed by atoms with Crippen LogP contribution in [0.15, 0.2) is 18.2 Å². The van der Waals surface area contributed by atoms with Crippen molar-refractivity contribution in [1.29, 1.82) is 0 Å². The summed E-state index contributed by atoms with van der Waals surface area (Å²) in [5, 5.41) is 6.96. The highest BCUT2D eigenvalue weighted by Gasteiger charge is 2.28. The summed E-state index contributed by atoms with van der Waals surface area (Å²) in [6.45, 7) is 2.95. The highest BCUT2D eigenvalue weighted by atomic mass is 35.5. The van der Waals surface area contributed by atoms with Crippen molar-refractivity contribution < 1.29 is 4.79 Å². The van der Waals surface area contributed by atoms with Gasteiger partial charge in [0.05, 0.1) is 21.8 Å². The molecule has 0 bridgehead atoms. The van der Waals surface area contributed by atoms with Gasteiger partial charge in [-0.15, -0.1) is 0 Å². The first-order valence-corrected chi connectivity index (χ1v) is 6.83. The number of hydrogen-bond donors (Lipinski definition) is 2. The van der Waals surface area contributed by atoms with E-state index in [1.807, 2.05) is 0 Å². The predicted molar refractivity (Wildman–Crippen MR) is 75.3 cm³/mol. The average molecular weight is 287 g/mol. The number of carbonyl (C=O) groups is 1. The first-order valence-electron chi connectivity index (χ1n) is 6.08. The molecule has 1 fully saturated rings. The van der Waals surface area contributed by atoms with Crippen molar-refractivity contribution in [2.45, 2.75) is 25.8 Å². The third-order valence-electron chi connectivity index (χ3n) is 3.26. The summed E-state index contributed by atoms with van der Waals surface area (Å²) in [6, 6.07) is 5.00. The normalized spacial score (nSPS) is 23.7. The van der Waals surface area contributed by atoms with Gasteiger partial charge in [-0.05, 0) is 37.4 Å². The Morgan fingerprint density at radius 3 is 2.67 bits per heavy atom. The van der Waals surface area contributed by atoms with E-state index in [-0.39, 0.29) is 11.9 Å². The summed E-state index contributed by atoms with van der Waals surface area (Å²) in [6.07, 6.45) is 2.17. The molecule has 5 heteroatoms. The summed E-state index contributed by atoms with van der Waals surface area (Å²) >= 11 is 12.1. The first kappa shape index (κ1) is 13.7. The Kier molecular flexibility index (Phi) is 4.49. The van der Waals surface area contributed by atoms with Gasteiger partial charge >= 0.3 is 0 Å². The molecule has 2 unspecified atom stereocenters. The monoisotopic (exact) mass is 286 g/mol. The Balaban J connectivity index is 2.11. The van der Waals surface area contributed by atoms with Crippen molar-refractivity contribution in [3.05, 3.63) is 28.2 Å². The van der Waals surface area contributed by atoms with E-state index in [0.717, 1.165) is 19.4 Å². The molecule has 18 heavy (non-hydrogen) atoms. The molecule has 1 aliphatic heterocycles. The number of carbonyl (C=O) groups excluding carboxylic acids is 1. The van der Waals surface area contributed by atoms with Crippen LogP contribution in [-0.4, -0.2) is 18.5 Å². The molecule has 1 saturated heterocycles. The lowest BCUT2D eigenvalue weighted by Gasteiger charge is -2.29. The lowest BCUT2D eigenvalue weighted by Crippen LogP contribution is -2.48. The quantitative estimate of drug-likeness (QED) is 0.876. The van der Waals surface area contributed by atoms with Gasteiger partial charge in [-0.2, -0.15) is 0 Å². The minimum atomic E-state index is -0.175. The zero-order valence-electron chi connectivity index (χ0n) is 10.2.